The minimum Gasteiger partial charge on any atom is -0.396 e. The molecule has 0 unspecified atom stereocenters. The fourth-order valence-electron chi connectivity index (χ4n) is 1.25. The number of benzene rings is 1. The van der Waals surface area contributed by atoms with E-state index in [1.807, 2.05) is 0 Å². The third kappa shape index (κ3) is 1.08. The quantitative estimate of drug-likeness (QED) is 0.529. The molecule has 14 heavy (non-hydrogen) atoms. The van der Waals surface area contributed by atoms with Crippen molar-refractivity contribution in [2.75, 3.05) is 17.2 Å². The Morgan fingerprint density at radius 1 is 1.07 bits per heavy atom. The highest BCUT2D eigenvalue weighted by Crippen LogP contribution is 2.25. The van der Waals surface area contributed by atoms with Crippen LogP contribution in [0.25, 0.3) is 10.9 Å². The fraction of sp³-hybridized carbons (Fsp3) is 0. The number of fused-ring (bicyclic) bond motifs is 1. The van der Waals surface area contributed by atoms with Gasteiger partial charge in [0, 0.05) is 0 Å². The molecule has 0 spiro atoms. The fourth-order valence-corrected chi connectivity index (χ4v) is 1.25. The predicted molar refractivity (Wildman–Crippen MR) is 52.7 cm³/mol. The van der Waals surface area contributed by atoms with Gasteiger partial charge in [-0.05, 0) is 12.1 Å². The molecule has 0 radical (unpaired) electrons. The molecule has 1 aromatic carbocycles. The zero-order valence-corrected chi connectivity index (χ0v) is 7.16. The van der Waals surface area contributed by atoms with E-state index in [0.29, 0.717) is 5.52 Å². The minimum atomic E-state index is -0.611. The molecule has 0 bridgehead atoms. The van der Waals surface area contributed by atoms with Gasteiger partial charge in [0.15, 0.2) is 5.82 Å². The number of anilines is 3. The Morgan fingerprint density at radius 3 is 2.50 bits per heavy atom. The Hall–Kier alpha value is -2.11. The first-order valence-corrected chi connectivity index (χ1v) is 3.86. The Labute approximate surface area is 78.7 Å². The molecule has 2 aromatic rings. The molecule has 0 aliphatic rings. The van der Waals surface area contributed by atoms with Gasteiger partial charge in [0.2, 0.25) is 5.95 Å². The van der Waals surface area contributed by atoms with E-state index in [-0.39, 0.29) is 22.8 Å². The van der Waals surface area contributed by atoms with E-state index >= 15 is 0 Å². The lowest BCUT2D eigenvalue weighted by Crippen LogP contribution is -2.03. The lowest BCUT2D eigenvalue weighted by Gasteiger charge is -2.04. The zero-order chi connectivity index (χ0) is 10.3. The van der Waals surface area contributed by atoms with Gasteiger partial charge >= 0.3 is 0 Å². The minimum absolute atomic E-state index is 0.00250. The first kappa shape index (κ1) is 8.49. The molecule has 2 rings (SSSR count). The summed E-state index contributed by atoms with van der Waals surface area (Å²) in [5.41, 5.74) is 16.6. The van der Waals surface area contributed by atoms with Crippen molar-refractivity contribution in [3.8, 4) is 0 Å². The van der Waals surface area contributed by atoms with E-state index in [9.17, 15) is 4.39 Å². The van der Waals surface area contributed by atoms with Crippen molar-refractivity contribution in [1.82, 2.24) is 9.97 Å². The molecule has 1 aromatic heterocycles. The Kier molecular flexibility index (Phi) is 1.63. The molecular formula is C8H8FN5. The van der Waals surface area contributed by atoms with Crippen LogP contribution in [0.5, 0.6) is 0 Å². The Balaban J connectivity index is 2.95. The smallest absolute Gasteiger partial charge is 0.222 e. The number of hydrogen-bond donors (Lipinski definition) is 3. The summed E-state index contributed by atoms with van der Waals surface area (Å²) in [4.78, 5) is 7.48. The van der Waals surface area contributed by atoms with Crippen LogP contribution in [0, 0.1) is 5.82 Å². The standard InChI is InChI=1S/C8H8FN5/c9-6-3(10)1-2-4-5(6)7(11)14-8(12)13-4/h1-2H,10H2,(H4,11,12,13,14). The van der Waals surface area contributed by atoms with Crippen molar-refractivity contribution < 1.29 is 4.39 Å². The number of rotatable bonds is 0. The molecule has 0 fully saturated rings. The van der Waals surface area contributed by atoms with Crippen LogP contribution in [-0.2, 0) is 0 Å². The third-order valence-electron chi connectivity index (χ3n) is 1.88. The first-order valence-electron chi connectivity index (χ1n) is 3.86. The number of hydrogen-bond acceptors (Lipinski definition) is 5. The second-order valence-corrected chi connectivity index (χ2v) is 2.83. The van der Waals surface area contributed by atoms with Gasteiger partial charge < -0.3 is 17.2 Å². The third-order valence-corrected chi connectivity index (χ3v) is 1.88. The number of nitrogen functional groups attached to an aromatic ring is 3. The predicted octanol–water partition coefficient (Wildman–Crippen LogP) is 0.516. The highest BCUT2D eigenvalue weighted by Gasteiger charge is 2.10. The molecule has 0 aliphatic heterocycles. The Morgan fingerprint density at radius 2 is 1.79 bits per heavy atom. The second-order valence-electron chi connectivity index (χ2n) is 2.83. The van der Waals surface area contributed by atoms with Crippen molar-refractivity contribution in [3.05, 3.63) is 17.9 Å². The summed E-state index contributed by atoms with van der Waals surface area (Å²) in [6.45, 7) is 0. The van der Waals surface area contributed by atoms with Gasteiger partial charge in [-0.1, -0.05) is 0 Å². The van der Waals surface area contributed by atoms with Crippen molar-refractivity contribution in [3.63, 3.8) is 0 Å². The van der Waals surface area contributed by atoms with Crippen molar-refractivity contribution >= 4 is 28.4 Å². The molecule has 72 valence electrons. The molecule has 0 aliphatic carbocycles. The van der Waals surface area contributed by atoms with Gasteiger partial charge in [-0.3, -0.25) is 0 Å². The second kappa shape index (κ2) is 2.69. The number of nitrogens with two attached hydrogens (primary N) is 3. The summed E-state index contributed by atoms with van der Waals surface area (Å²) in [6, 6.07) is 2.95. The van der Waals surface area contributed by atoms with Gasteiger partial charge in [-0.2, -0.15) is 4.98 Å². The van der Waals surface area contributed by atoms with Gasteiger partial charge in [-0.15, -0.1) is 0 Å². The van der Waals surface area contributed by atoms with E-state index in [2.05, 4.69) is 9.97 Å². The van der Waals surface area contributed by atoms with E-state index < -0.39 is 5.82 Å². The Bertz CT molecular complexity index is 511. The molecule has 0 saturated carbocycles. The number of aromatic nitrogens is 2. The summed E-state index contributed by atoms with van der Waals surface area (Å²) in [6.07, 6.45) is 0. The number of halogens is 1. The van der Waals surface area contributed by atoms with Gasteiger partial charge in [-0.25, -0.2) is 9.37 Å². The molecule has 5 nitrogen and oxygen atoms in total. The lowest BCUT2D eigenvalue weighted by atomic mass is 10.2. The highest BCUT2D eigenvalue weighted by molar-refractivity contribution is 5.91. The maximum atomic E-state index is 13.5. The van der Waals surface area contributed by atoms with Gasteiger partial charge in [0.05, 0.1) is 16.6 Å². The van der Waals surface area contributed by atoms with Crippen molar-refractivity contribution in [1.29, 1.82) is 0 Å². The van der Waals surface area contributed by atoms with Crippen molar-refractivity contribution in [2.45, 2.75) is 0 Å². The maximum Gasteiger partial charge on any atom is 0.222 e. The molecule has 6 N–H and O–H groups in total. The first-order chi connectivity index (χ1) is 6.59. The van der Waals surface area contributed by atoms with Crippen LogP contribution in [0.4, 0.5) is 21.8 Å². The molecule has 6 heteroatoms. The zero-order valence-electron chi connectivity index (χ0n) is 7.16. The summed E-state index contributed by atoms with van der Waals surface area (Å²) in [7, 11) is 0. The molecule has 0 atom stereocenters. The average Bonchev–Trinajstić information content (AvgIpc) is 2.10. The molecular weight excluding hydrogens is 185 g/mol. The van der Waals surface area contributed by atoms with E-state index in [1.165, 1.54) is 6.07 Å². The lowest BCUT2D eigenvalue weighted by molar-refractivity contribution is 0.644. The number of nitrogens with zero attached hydrogens (tertiary/aromatic N) is 2. The topological polar surface area (TPSA) is 104 Å². The van der Waals surface area contributed by atoms with E-state index in [1.54, 1.807) is 6.07 Å². The van der Waals surface area contributed by atoms with Crippen LogP contribution >= 0.6 is 0 Å². The highest BCUT2D eigenvalue weighted by atomic mass is 19.1. The van der Waals surface area contributed by atoms with Crippen LogP contribution in [0.2, 0.25) is 0 Å². The monoisotopic (exact) mass is 193 g/mol. The summed E-state index contributed by atoms with van der Waals surface area (Å²) >= 11 is 0. The molecule has 0 amide bonds. The summed E-state index contributed by atoms with van der Waals surface area (Å²) in [5, 5.41) is 0.110. The SMILES string of the molecule is Nc1nc(N)c2c(F)c(N)ccc2n1. The van der Waals surface area contributed by atoms with Crippen LogP contribution in [-0.4, -0.2) is 9.97 Å². The summed E-state index contributed by atoms with van der Waals surface area (Å²) < 4.78 is 13.5. The van der Waals surface area contributed by atoms with E-state index in [0.717, 1.165) is 0 Å². The normalized spacial score (nSPS) is 10.6. The maximum absolute atomic E-state index is 13.5. The largest absolute Gasteiger partial charge is 0.396 e. The average molecular weight is 193 g/mol. The van der Waals surface area contributed by atoms with Crippen LogP contribution in [0.15, 0.2) is 12.1 Å². The van der Waals surface area contributed by atoms with E-state index in [4.69, 9.17) is 17.2 Å². The van der Waals surface area contributed by atoms with Crippen LogP contribution in [0.3, 0.4) is 0 Å². The van der Waals surface area contributed by atoms with Gasteiger partial charge in [0.1, 0.15) is 5.82 Å². The molecule has 0 saturated heterocycles. The van der Waals surface area contributed by atoms with Crippen LogP contribution in [0.1, 0.15) is 0 Å². The van der Waals surface area contributed by atoms with Crippen molar-refractivity contribution in [2.24, 2.45) is 0 Å². The van der Waals surface area contributed by atoms with Crippen LogP contribution < -0.4 is 17.2 Å². The summed E-state index contributed by atoms with van der Waals surface area (Å²) in [5.74, 6) is -0.600. The molecule has 1 heterocycles. The van der Waals surface area contributed by atoms with Gasteiger partial charge in [0.25, 0.3) is 0 Å².